The molecule has 18 heteroatoms. The minimum atomic E-state index is -0.198. The summed E-state index contributed by atoms with van der Waals surface area (Å²) in [5.74, 6) is 7.34. The summed E-state index contributed by atoms with van der Waals surface area (Å²) in [4.78, 5) is 73.6. The van der Waals surface area contributed by atoms with Gasteiger partial charge in [0.15, 0.2) is 23.1 Å². The van der Waals surface area contributed by atoms with Gasteiger partial charge in [-0.15, -0.1) is 47.0 Å². The molecule has 9 aromatic rings. The fourth-order valence-corrected chi connectivity index (χ4v) is 15.7. The molecule has 14 nitrogen and oxygen atoms in total. The predicted octanol–water partition coefficient (Wildman–Crippen LogP) is 21.4. The number of aromatic nitrogens is 1. The molecular formula is C92H92N6O8S4. The van der Waals surface area contributed by atoms with Gasteiger partial charge >= 0.3 is 0 Å². The van der Waals surface area contributed by atoms with E-state index in [0.29, 0.717) is 79.9 Å². The van der Waals surface area contributed by atoms with Crippen LogP contribution in [0.3, 0.4) is 0 Å². The van der Waals surface area contributed by atoms with E-state index in [9.17, 15) is 24.4 Å². The molecule has 0 unspecified atom stereocenters. The van der Waals surface area contributed by atoms with Gasteiger partial charge in [0.25, 0.3) is 0 Å². The Morgan fingerprint density at radius 1 is 0.427 bits per heavy atom. The highest BCUT2D eigenvalue weighted by Gasteiger charge is 2.27. The van der Waals surface area contributed by atoms with Crippen LogP contribution in [0.25, 0.3) is 16.6 Å². The average Bonchev–Trinajstić information content (AvgIpc) is 0.812. The minimum Gasteiger partial charge on any atom is -0.497 e. The zero-order valence-electron chi connectivity index (χ0n) is 63.8. The predicted molar refractivity (Wildman–Crippen MR) is 456 cm³/mol. The van der Waals surface area contributed by atoms with Crippen LogP contribution in [0.15, 0.2) is 284 Å². The van der Waals surface area contributed by atoms with Crippen LogP contribution in [0.1, 0.15) is 126 Å². The molecule has 0 N–H and O–H groups in total. The molecule has 110 heavy (non-hydrogen) atoms. The monoisotopic (exact) mass is 1540 g/mol. The molecule has 4 aliphatic heterocycles. The first-order valence-electron chi connectivity index (χ1n) is 36.8. The molecule has 4 aliphatic rings. The van der Waals surface area contributed by atoms with Gasteiger partial charge in [-0.1, -0.05) is 159 Å². The van der Waals surface area contributed by atoms with E-state index >= 15 is 0 Å². The molecular weight excluding hydrogens is 1450 g/mol. The van der Waals surface area contributed by atoms with E-state index in [2.05, 4.69) is 77.3 Å². The van der Waals surface area contributed by atoms with E-state index in [4.69, 9.17) is 28.9 Å². The van der Waals surface area contributed by atoms with E-state index in [1.807, 2.05) is 205 Å². The van der Waals surface area contributed by atoms with Crippen LogP contribution < -0.4 is 18.9 Å². The number of carbonyl (C=O) groups excluding carboxylic acids is 4. The number of thioether (sulfide) groups is 4. The van der Waals surface area contributed by atoms with Gasteiger partial charge in [-0.25, -0.2) is 4.99 Å². The summed E-state index contributed by atoms with van der Waals surface area (Å²) in [5, 5.41) is 14.0. The van der Waals surface area contributed by atoms with Crippen LogP contribution in [-0.2, 0) is 61.5 Å². The standard InChI is InChI=1S/C24H27NO2S.C23H17N3O2S.C23H25NO2S.C22H23NO2S/c1-17(2)15-27-21-11-9-19(10-12-21)13-22-18(3)25-24(14-23(22)26)28-16-20-7-5-4-6-8-20;1-28-18-8-6-17(7-9-18)23-19(13-24)21(27)12-22(26-23)29-14-15-4-5-16-3-2-10-25-20(16)11-15;1-16(2)26-20-11-9-18(10-12-20)13-21-17(3)24-23(14-22(21)25)27-15-19-7-5-4-6-8-19;1-3-25-19-11-9-17(10-12-19)13-20-16(2)23-22(14-21(20)24)26-15-18-7-5-4-6-8-18/h4-12,17H,13-16H2,1-3H3;2-11H,12,14H2,1H3;4-12,16H,13-15H2,1-3H3;4-12H,3,13-15H2,1-2H3. The number of hydrogen-bond donors (Lipinski definition) is 0. The maximum Gasteiger partial charge on any atom is 0.182 e. The first kappa shape index (κ1) is 82.1. The second kappa shape index (κ2) is 42.0. The smallest absolute Gasteiger partial charge is 0.182 e. The molecule has 0 spiro atoms. The van der Waals surface area contributed by atoms with Crippen molar-refractivity contribution in [1.82, 2.24) is 4.98 Å². The molecule has 0 saturated heterocycles. The zero-order valence-corrected chi connectivity index (χ0v) is 67.1. The Labute approximate surface area is 663 Å². The fourth-order valence-electron chi connectivity index (χ4n) is 11.9. The maximum absolute atomic E-state index is 12.7. The number of pyridine rings is 1. The number of aliphatic imine (C=N–C) groups is 4. The molecule has 562 valence electrons. The molecule has 8 aromatic carbocycles. The number of hydrogen-bond acceptors (Lipinski definition) is 18. The number of benzene rings is 8. The van der Waals surface area contributed by atoms with Gasteiger partial charge in [-0.3, -0.25) is 39.1 Å². The van der Waals surface area contributed by atoms with Crippen LogP contribution in [0.5, 0.6) is 23.0 Å². The van der Waals surface area contributed by atoms with Gasteiger partial charge in [0, 0.05) is 93.2 Å². The van der Waals surface area contributed by atoms with Crippen LogP contribution in [0.2, 0.25) is 0 Å². The highest BCUT2D eigenvalue weighted by molar-refractivity contribution is 8.14. The van der Waals surface area contributed by atoms with Crippen molar-refractivity contribution in [3.8, 4) is 29.1 Å². The highest BCUT2D eigenvalue weighted by Crippen LogP contribution is 2.34. The van der Waals surface area contributed by atoms with Crippen molar-refractivity contribution in [2.45, 2.75) is 129 Å². The van der Waals surface area contributed by atoms with Gasteiger partial charge in [0.2, 0.25) is 0 Å². The molecule has 0 saturated carbocycles. The number of ketones is 4. The van der Waals surface area contributed by atoms with Crippen LogP contribution in [0.4, 0.5) is 0 Å². The Morgan fingerprint density at radius 2 is 0.818 bits per heavy atom. The summed E-state index contributed by atoms with van der Waals surface area (Å²) >= 11 is 6.47. The number of Topliss-reactive ketones (excluding diaryl/α,β-unsaturated/α-hetero) is 4. The first-order chi connectivity index (χ1) is 53.3. The van der Waals surface area contributed by atoms with Crippen molar-refractivity contribution >= 4 is 107 Å². The summed E-state index contributed by atoms with van der Waals surface area (Å²) in [7, 11) is 1.59. The maximum atomic E-state index is 12.7. The van der Waals surface area contributed by atoms with Gasteiger partial charge in [-0.2, -0.15) is 5.26 Å². The summed E-state index contributed by atoms with van der Waals surface area (Å²) in [5.41, 5.74) is 15.3. The number of carbonyl (C=O) groups is 4. The molecule has 0 atom stereocenters. The Morgan fingerprint density at radius 3 is 1.22 bits per heavy atom. The van der Waals surface area contributed by atoms with Crippen molar-refractivity contribution in [3.63, 3.8) is 0 Å². The lowest BCUT2D eigenvalue weighted by molar-refractivity contribution is -0.115. The molecule has 5 heterocycles. The molecule has 0 aliphatic carbocycles. The third-order valence-electron chi connectivity index (χ3n) is 17.7. The number of fused-ring (bicyclic) bond motifs is 1. The quantitative estimate of drug-likeness (QED) is 0.0587. The number of nitrogens with zero attached hydrogens (tertiary/aromatic N) is 6. The number of nitriles is 1. The van der Waals surface area contributed by atoms with Crippen LogP contribution >= 0.6 is 47.0 Å². The third kappa shape index (κ3) is 25.3. The van der Waals surface area contributed by atoms with E-state index in [1.54, 1.807) is 60.7 Å². The Bertz CT molecular complexity index is 4990. The summed E-state index contributed by atoms with van der Waals surface area (Å²) in [6, 6.07) is 74.1. The van der Waals surface area contributed by atoms with Crippen molar-refractivity contribution in [1.29, 1.82) is 5.26 Å². The van der Waals surface area contributed by atoms with Gasteiger partial charge in [0.05, 0.1) is 83.5 Å². The number of allylic oxidation sites excluding steroid dienone is 7. The molecule has 0 radical (unpaired) electrons. The third-order valence-corrected chi connectivity index (χ3v) is 21.9. The van der Waals surface area contributed by atoms with Crippen molar-refractivity contribution < 1.29 is 38.1 Å². The highest BCUT2D eigenvalue weighted by atomic mass is 32.2. The van der Waals surface area contributed by atoms with Gasteiger partial charge in [-0.05, 0) is 159 Å². The van der Waals surface area contributed by atoms with Crippen molar-refractivity contribution in [2.75, 3.05) is 20.3 Å². The molecule has 0 fully saturated rings. The van der Waals surface area contributed by atoms with E-state index in [1.165, 1.54) is 28.5 Å². The topological polar surface area (TPSA) is 191 Å². The summed E-state index contributed by atoms with van der Waals surface area (Å²) < 4.78 is 22.0. The lowest BCUT2D eigenvalue weighted by Crippen LogP contribution is -2.16. The number of methoxy groups -OCH3 is 1. The Kier molecular flexibility index (Phi) is 31.3. The second-order valence-corrected chi connectivity index (χ2v) is 31.3. The average molecular weight is 1540 g/mol. The van der Waals surface area contributed by atoms with Crippen molar-refractivity contribution in [2.24, 2.45) is 25.9 Å². The molecule has 0 amide bonds. The Balaban J connectivity index is 0.000000156. The van der Waals surface area contributed by atoms with E-state index in [0.717, 1.165) is 122 Å². The largest absolute Gasteiger partial charge is 0.497 e. The zero-order chi connectivity index (χ0) is 77.7. The van der Waals surface area contributed by atoms with Crippen LogP contribution in [0, 0.1) is 17.2 Å². The lowest BCUT2D eigenvalue weighted by Gasteiger charge is -2.17. The fraction of sp³-hybridized carbons (Fsp3) is 0.261. The van der Waals surface area contributed by atoms with Gasteiger partial charge < -0.3 is 18.9 Å². The molecule has 13 rings (SSSR count). The van der Waals surface area contributed by atoms with Gasteiger partial charge in [0.1, 0.15) is 34.6 Å². The SMILES string of the molecule is CC1=C(Cc2ccc(OC(C)C)cc2)C(=O)CC(SCc2ccccc2)=N1.CC1=C(Cc2ccc(OCC(C)C)cc2)C(=O)CC(SCc2ccccc2)=N1.CCOc1ccc(CC2=C(C)N=C(SCc3ccccc3)CC2=O)cc1.COc1ccc(C2=C(C#N)C(=O)CC(SCc3ccc4cccnc4c3)=N2)cc1. The lowest BCUT2D eigenvalue weighted by atomic mass is 9.97. The van der Waals surface area contributed by atoms with E-state index in [-0.39, 0.29) is 41.2 Å². The molecule has 0 bridgehead atoms. The first-order valence-corrected chi connectivity index (χ1v) is 40.8. The Hall–Kier alpha value is -10.4. The number of rotatable bonds is 23. The molecule has 1 aromatic heterocycles. The van der Waals surface area contributed by atoms with E-state index < -0.39 is 0 Å². The normalized spacial score (nSPS) is 14.3. The van der Waals surface area contributed by atoms with Crippen molar-refractivity contribution in [3.05, 3.63) is 308 Å². The number of ether oxygens (including phenoxy) is 4. The second-order valence-electron chi connectivity index (χ2n) is 27.1. The van der Waals surface area contributed by atoms with Crippen LogP contribution in [-0.4, -0.2) is 74.7 Å². The summed E-state index contributed by atoms with van der Waals surface area (Å²) in [6.07, 6.45) is 5.15. The summed E-state index contributed by atoms with van der Waals surface area (Å²) in [6.45, 7) is 17.4. The minimum absolute atomic E-state index is 0.106.